The number of fused-ring (bicyclic) bond motifs is 1. The summed E-state index contributed by atoms with van der Waals surface area (Å²) in [4.78, 5) is 24.0. The fourth-order valence-corrected chi connectivity index (χ4v) is 4.65. The molecule has 0 amide bonds. The third-order valence-electron chi connectivity index (χ3n) is 6.29. The maximum Gasteiger partial charge on any atom is 0.305 e. The number of ketones is 1. The smallest absolute Gasteiger partial charge is 0.305 e. The van der Waals surface area contributed by atoms with Crippen LogP contribution in [-0.2, 0) is 14.3 Å². The van der Waals surface area contributed by atoms with Crippen molar-refractivity contribution in [2.75, 3.05) is 6.61 Å². The van der Waals surface area contributed by atoms with Crippen molar-refractivity contribution in [1.29, 1.82) is 0 Å². The molecule has 0 aromatic heterocycles. The topological polar surface area (TPSA) is 63.6 Å². The van der Waals surface area contributed by atoms with Crippen LogP contribution in [0.1, 0.15) is 90.4 Å². The minimum absolute atomic E-state index is 0.125. The van der Waals surface area contributed by atoms with E-state index in [0.29, 0.717) is 44.0 Å². The zero-order valence-electron chi connectivity index (χ0n) is 17.0. The van der Waals surface area contributed by atoms with Gasteiger partial charge in [-0.25, -0.2) is 0 Å². The summed E-state index contributed by atoms with van der Waals surface area (Å²) in [5, 5.41) is 10.6. The SMILES string of the molecule is CCCCCCCC(=O)CC[C@@H]1[C@H]2C/C=C\CCCC(=O)OC[C@H]2C[C@H]1O. The fraction of sp³-hybridized carbons (Fsp3) is 0.826. The molecule has 154 valence electrons. The van der Waals surface area contributed by atoms with Gasteiger partial charge >= 0.3 is 5.97 Å². The Labute approximate surface area is 164 Å². The van der Waals surface area contributed by atoms with Gasteiger partial charge in [-0.05, 0) is 56.3 Å². The maximum atomic E-state index is 12.2. The Morgan fingerprint density at radius 2 is 2.00 bits per heavy atom. The zero-order chi connectivity index (χ0) is 19.5. The number of aliphatic hydroxyl groups is 1. The van der Waals surface area contributed by atoms with Gasteiger partial charge in [-0.15, -0.1) is 0 Å². The van der Waals surface area contributed by atoms with Crippen molar-refractivity contribution in [2.24, 2.45) is 17.8 Å². The van der Waals surface area contributed by atoms with Gasteiger partial charge in [-0.1, -0.05) is 44.8 Å². The lowest BCUT2D eigenvalue weighted by molar-refractivity contribution is -0.145. The lowest BCUT2D eigenvalue weighted by Gasteiger charge is -2.24. The number of allylic oxidation sites excluding steroid dienone is 2. The van der Waals surface area contributed by atoms with Crippen LogP contribution in [0.2, 0.25) is 0 Å². The van der Waals surface area contributed by atoms with E-state index >= 15 is 0 Å². The summed E-state index contributed by atoms with van der Waals surface area (Å²) < 4.78 is 5.45. The van der Waals surface area contributed by atoms with Gasteiger partial charge in [0.05, 0.1) is 12.7 Å². The molecule has 0 bridgehead atoms. The minimum Gasteiger partial charge on any atom is -0.465 e. The number of hydrogen-bond donors (Lipinski definition) is 1. The lowest BCUT2D eigenvalue weighted by atomic mass is 9.83. The molecule has 27 heavy (non-hydrogen) atoms. The van der Waals surface area contributed by atoms with Crippen LogP contribution in [0.5, 0.6) is 0 Å². The van der Waals surface area contributed by atoms with Crippen LogP contribution in [0.4, 0.5) is 0 Å². The van der Waals surface area contributed by atoms with Crippen molar-refractivity contribution < 1.29 is 19.4 Å². The van der Waals surface area contributed by atoms with Gasteiger partial charge in [0, 0.05) is 19.3 Å². The molecule has 1 aliphatic carbocycles. The summed E-state index contributed by atoms with van der Waals surface area (Å²) in [6, 6.07) is 0. The van der Waals surface area contributed by atoms with E-state index in [0.717, 1.165) is 38.5 Å². The van der Waals surface area contributed by atoms with Gasteiger partial charge in [0.1, 0.15) is 5.78 Å². The monoisotopic (exact) mass is 378 g/mol. The van der Waals surface area contributed by atoms with Crippen molar-refractivity contribution in [2.45, 2.75) is 96.5 Å². The molecule has 0 radical (unpaired) electrons. The number of Topliss-reactive ketones (excluding diaryl/α,β-unsaturated/α-hetero) is 1. The van der Waals surface area contributed by atoms with Crippen LogP contribution < -0.4 is 0 Å². The highest BCUT2D eigenvalue weighted by Gasteiger charge is 2.42. The van der Waals surface area contributed by atoms with Gasteiger partial charge in [0.15, 0.2) is 0 Å². The quantitative estimate of drug-likeness (QED) is 0.349. The average molecular weight is 379 g/mol. The van der Waals surface area contributed by atoms with Crippen LogP contribution in [0.15, 0.2) is 12.2 Å². The maximum absolute atomic E-state index is 12.2. The molecule has 0 unspecified atom stereocenters. The van der Waals surface area contributed by atoms with E-state index in [1.807, 2.05) is 0 Å². The molecular formula is C23H38O4. The van der Waals surface area contributed by atoms with E-state index in [2.05, 4.69) is 19.1 Å². The van der Waals surface area contributed by atoms with Gasteiger partial charge in [-0.3, -0.25) is 9.59 Å². The molecule has 4 heteroatoms. The van der Waals surface area contributed by atoms with Crippen LogP contribution in [-0.4, -0.2) is 29.6 Å². The molecule has 0 aromatic carbocycles. The Bertz CT molecular complexity index is 485. The summed E-state index contributed by atoms with van der Waals surface area (Å²) in [5.74, 6) is 0.865. The van der Waals surface area contributed by atoms with Crippen molar-refractivity contribution in [3.05, 3.63) is 12.2 Å². The summed E-state index contributed by atoms with van der Waals surface area (Å²) in [6.45, 7) is 2.61. The van der Waals surface area contributed by atoms with E-state index in [-0.39, 0.29) is 23.9 Å². The largest absolute Gasteiger partial charge is 0.465 e. The van der Waals surface area contributed by atoms with Gasteiger partial charge < -0.3 is 9.84 Å². The summed E-state index contributed by atoms with van der Waals surface area (Å²) in [5.41, 5.74) is 0. The lowest BCUT2D eigenvalue weighted by Crippen LogP contribution is -2.23. The van der Waals surface area contributed by atoms with Crippen molar-refractivity contribution in [1.82, 2.24) is 0 Å². The van der Waals surface area contributed by atoms with E-state index in [4.69, 9.17) is 4.74 Å². The highest BCUT2D eigenvalue weighted by atomic mass is 16.5. The van der Waals surface area contributed by atoms with Crippen LogP contribution in [0, 0.1) is 17.8 Å². The molecule has 4 nitrogen and oxygen atoms in total. The molecule has 2 rings (SSSR count). The number of unbranched alkanes of at least 4 members (excludes halogenated alkanes) is 4. The van der Waals surface area contributed by atoms with E-state index in [1.54, 1.807) is 0 Å². The molecule has 0 aromatic rings. The molecule has 1 aliphatic heterocycles. The Morgan fingerprint density at radius 1 is 1.19 bits per heavy atom. The first kappa shape index (κ1) is 22.1. The number of hydrogen-bond acceptors (Lipinski definition) is 4. The third kappa shape index (κ3) is 7.77. The third-order valence-corrected chi connectivity index (χ3v) is 6.29. The second-order valence-corrected chi connectivity index (χ2v) is 8.41. The number of carbonyl (C=O) groups is 2. The van der Waals surface area contributed by atoms with E-state index < -0.39 is 0 Å². The number of carbonyl (C=O) groups excluding carboxylic acids is 2. The first-order valence-electron chi connectivity index (χ1n) is 11.1. The summed E-state index contributed by atoms with van der Waals surface area (Å²) in [7, 11) is 0. The minimum atomic E-state index is -0.382. The molecule has 1 fully saturated rings. The predicted octanol–water partition coefficient (Wildman–Crippen LogP) is 4.98. The normalized spacial score (nSPS) is 30.2. The molecule has 1 heterocycles. The average Bonchev–Trinajstić information content (AvgIpc) is 2.93. The summed E-state index contributed by atoms with van der Waals surface area (Å²) >= 11 is 0. The Morgan fingerprint density at radius 3 is 2.81 bits per heavy atom. The van der Waals surface area contributed by atoms with Gasteiger partial charge in [0.2, 0.25) is 0 Å². The molecule has 0 spiro atoms. The highest BCUT2D eigenvalue weighted by Crippen LogP contribution is 2.42. The second-order valence-electron chi connectivity index (χ2n) is 8.41. The van der Waals surface area contributed by atoms with Crippen molar-refractivity contribution in [3.63, 3.8) is 0 Å². The standard InChI is InChI=1S/C23H38O4/c1-2-3-4-5-8-11-19(24)14-15-21-20-12-9-6-7-10-13-23(26)27-17-18(20)16-22(21)25/h6,9,18,20-22,25H,2-5,7-8,10-17H2,1H3/b9-6-/t18-,20+,21-,22-/m1/s1. The fourth-order valence-electron chi connectivity index (χ4n) is 4.65. The Kier molecular flexibility index (Phi) is 10.1. The molecule has 4 atom stereocenters. The van der Waals surface area contributed by atoms with Crippen LogP contribution in [0.3, 0.4) is 0 Å². The Balaban J connectivity index is 1.82. The van der Waals surface area contributed by atoms with E-state index in [9.17, 15) is 14.7 Å². The van der Waals surface area contributed by atoms with Crippen LogP contribution >= 0.6 is 0 Å². The molecule has 2 aliphatic rings. The number of aliphatic hydroxyl groups excluding tert-OH is 1. The molecule has 1 N–H and O–H groups in total. The number of ether oxygens (including phenoxy) is 1. The summed E-state index contributed by atoms with van der Waals surface area (Å²) in [6.07, 6.45) is 15.6. The predicted molar refractivity (Wildman–Crippen MR) is 107 cm³/mol. The first-order chi connectivity index (χ1) is 13.1. The van der Waals surface area contributed by atoms with Gasteiger partial charge in [0.25, 0.3) is 0 Å². The number of esters is 1. The van der Waals surface area contributed by atoms with Crippen molar-refractivity contribution in [3.8, 4) is 0 Å². The van der Waals surface area contributed by atoms with Crippen molar-refractivity contribution >= 4 is 11.8 Å². The first-order valence-corrected chi connectivity index (χ1v) is 11.1. The van der Waals surface area contributed by atoms with E-state index in [1.165, 1.54) is 19.3 Å². The van der Waals surface area contributed by atoms with Gasteiger partial charge in [-0.2, -0.15) is 0 Å². The highest BCUT2D eigenvalue weighted by molar-refractivity contribution is 5.78. The Hall–Kier alpha value is -1.16. The van der Waals surface area contributed by atoms with Crippen LogP contribution in [0.25, 0.3) is 0 Å². The number of rotatable bonds is 9. The molecule has 0 saturated heterocycles. The number of cyclic esters (lactones) is 1. The second kappa shape index (κ2) is 12.3. The molecule has 1 saturated carbocycles. The molecular weight excluding hydrogens is 340 g/mol. The zero-order valence-corrected chi connectivity index (χ0v) is 17.0.